The van der Waals surface area contributed by atoms with Crippen LogP contribution in [0.25, 0.3) is 0 Å². The zero-order valence-corrected chi connectivity index (χ0v) is 17.5. The van der Waals surface area contributed by atoms with Crippen molar-refractivity contribution in [1.29, 1.82) is 0 Å². The Hall–Kier alpha value is -2.67. The highest BCUT2D eigenvalue weighted by Gasteiger charge is 2.34. The molecule has 7 nitrogen and oxygen atoms in total. The number of carbonyl (C=O) groups is 2. The molecule has 1 aliphatic heterocycles. The van der Waals surface area contributed by atoms with Crippen LogP contribution in [0.15, 0.2) is 36.7 Å². The zero-order chi connectivity index (χ0) is 20.8. The van der Waals surface area contributed by atoms with Crippen LogP contribution in [0.1, 0.15) is 48.5 Å². The smallest absolute Gasteiger partial charge is 0.253 e. The predicted octanol–water partition coefficient (Wildman–Crippen LogP) is 2.62. The third kappa shape index (κ3) is 5.03. The van der Waals surface area contributed by atoms with Gasteiger partial charge >= 0.3 is 0 Å². The quantitative estimate of drug-likeness (QED) is 0.718. The molecule has 1 aliphatic rings. The zero-order valence-electron chi connectivity index (χ0n) is 17.5. The van der Waals surface area contributed by atoms with Crippen molar-refractivity contribution in [3.63, 3.8) is 0 Å². The molecule has 0 unspecified atom stereocenters. The van der Waals surface area contributed by atoms with E-state index in [1.165, 1.54) is 0 Å². The number of aryl methyl sites for hydroxylation is 1. The summed E-state index contributed by atoms with van der Waals surface area (Å²) >= 11 is 0. The monoisotopic (exact) mass is 397 g/mol. The summed E-state index contributed by atoms with van der Waals surface area (Å²) < 4.78 is 1.76. The summed E-state index contributed by atoms with van der Waals surface area (Å²) in [5, 5.41) is 10.5. The molecule has 3 rings (SSSR count). The van der Waals surface area contributed by atoms with E-state index in [2.05, 4.69) is 29.6 Å². The van der Waals surface area contributed by atoms with Gasteiger partial charge in [0.25, 0.3) is 5.91 Å². The minimum Gasteiger partial charge on any atom is -0.339 e. The first-order valence-corrected chi connectivity index (χ1v) is 10.4. The van der Waals surface area contributed by atoms with Gasteiger partial charge in [0.15, 0.2) is 0 Å². The van der Waals surface area contributed by atoms with Crippen LogP contribution >= 0.6 is 0 Å². The number of nitrogens with one attached hydrogen (secondary N) is 2. The van der Waals surface area contributed by atoms with Crippen LogP contribution in [0.4, 0.5) is 5.69 Å². The van der Waals surface area contributed by atoms with E-state index in [9.17, 15) is 9.59 Å². The van der Waals surface area contributed by atoms with Crippen LogP contribution < -0.4 is 10.6 Å². The molecule has 156 valence electrons. The lowest BCUT2D eigenvalue weighted by atomic mass is 9.90. The van der Waals surface area contributed by atoms with Crippen LogP contribution in [0.2, 0.25) is 0 Å². The second kappa shape index (κ2) is 9.69. The molecule has 7 heteroatoms. The third-order valence-corrected chi connectivity index (χ3v) is 5.38. The summed E-state index contributed by atoms with van der Waals surface area (Å²) in [6.45, 7) is 7.08. The lowest BCUT2D eigenvalue weighted by Gasteiger charge is -2.21. The average molecular weight is 398 g/mol. The van der Waals surface area contributed by atoms with Gasteiger partial charge in [0.1, 0.15) is 0 Å². The summed E-state index contributed by atoms with van der Waals surface area (Å²) in [5.41, 5.74) is 2.44. The van der Waals surface area contributed by atoms with Crippen molar-refractivity contribution < 1.29 is 9.59 Å². The topological polar surface area (TPSA) is 79.3 Å². The van der Waals surface area contributed by atoms with E-state index in [4.69, 9.17) is 0 Å². The van der Waals surface area contributed by atoms with E-state index in [-0.39, 0.29) is 23.7 Å². The second-order valence-corrected chi connectivity index (χ2v) is 7.68. The molecule has 2 N–H and O–H groups in total. The minimum absolute atomic E-state index is 0.0125. The van der Waals surface area contributed by atoms with Gasteiger partial charge in [0.05, 0.1) is 12.1 Å². The molecule has 1 fully saturated rings. The fraction of sp³-hybridized carbons (Fsp3) is 0.500. The third-order valence-electron chi connectivity index (χ3n) is 5.38. The Morgan fingerprint density at radius 2 is 1.86 bits per heavy atom. The Morgan fingerprint density at radius 1 is 1.17 bits per heavy atom. The number of benzene rings is 1. The number of anilines is 1. The highest BCUT2D eigenvalue weighted by molar-refractivity contribution is 5.96. The van der Waals surface area contributed by atoms with Gasteiger partial charge in [0, 0.05) is 56.6 Å². The minimum atomic E-state index is -0.148. The van der Waals surface area contributed by atoms with Crippen LogP contribution in [-0.2, 0) is 11.8 Å². The lowest BCUT2D eigenvalue weighted by Crippen LogP contribution is -2.32. The number of hydrogen-bond acceptors (Lipinski definition) is 4. The Labute approximate surface area is 172 Å². The molecule has 0 aliphatic carbocycles. The molecular weight excluding hydrogens is 366 g/mol. The maximum absolute atomic E-state index is 12.8. The van der Waals surface area contributed by atoms with Crippen LogP contribution in [-0.4, -0.2) is 52.7 Å². The summed E-state index contributed by atoms with van der Waals surface area (Å²) in [4.78, 5) is 27.4. The first kappa shape index (κ1) is 21.0. The van der Waals surface area contributed by atoms with Crippen molar-refractivity contribution in [1.82, 2.24) is 20.0 Å². The van der Waals surface area contributed by atoms with Gasteiger partial charge in [-0.05, 0) is 42.7 Å². The van der Waals surface area contributed by atoms with Gasteiger partial charge in [-0.3, -0.25) is 14.3 Å². The predicted molar refractivity (Wildman–Crippen MR) is 114 cm³/mol. The van der Waals surface area contributed by atoms with E-state index < -0.39 is 0 Å². The Balaban J connectivity index is 1.64. The fourth-order valence-corrected chi connectivity index (χ4v) is 3.90. The lowest BCUT2D eigenvalue weighted by molar-refractivity contribution is -0.119. The van der Waals surface area contributed by atoms with Crippen molar-refractivity contribution in [3.05, 3.63) is 47.8 Å². The van der Waals surface area contributed by atoms with Crippen LogP contribution in [0.3, 0.4) is 0 Å². The molecule has 2 amide bonds. The molecular formula is C22H31N5O2. The molecule has 1 aromatic heterocycles. The highest BCUT2D eigenvalue weighted by atomic mass is 16.2. The molecule has 2 atom stereocenters. The van der Waals surface area contributed by atoms with Crippen molar-refractivity contribution >= 4 is 17.5 Å². The number of amides is 2. The number of rotatable bonds is 8. The largest absolute Gasteiger partial charge is 0.339 e. The molecule has 2 heterocycles. The summed E-state index contributed by atoms with van der Waals surface area (Å²) in [6, 6.07) is 7.20. The standard InChI is InChI=1S/C22H31N5O2/c1-4-10-27(11-5-2)22(29)16-6-8-18(9-7-16)25-21(28)20-14-23-13-19(20)17-12-24-26(3)15-17/h6-9,12,15,19-20,23H,4-5,10-11,13-14H2,1-3H3,(H,25,28)/t19-,20+/m1/s1. The van der Waals surface area contributed by atoms with Crippen molar-refractivity contribution in [2.24, 2.45) is 13.0 Å². The Kier molecular flexibility index (Phi) is 7.04. The van der Waals surface area contributed by atoms with E-state index >= 15 is 0 Å². The molecule has 0 radical (unpaired) electrons. The van der Waals surface area contributed by atoms with Gasteiger partial charge in [-0.2, -0.15) is 5.10 Å². The molecule has 0 bridgehead atoms. The van der Waals surface area contributed by atoms with Crippen molar-refractivity contribution in [2.75, 3.05) is 31.5 Å². The maximum atomic E-state index is 12.8. The second-order valence-electron chi connectivity index (χ2n) is 7.68. The highest BCUT2D eigenvalue weighted by Crippen LogP contribution is 2.29. The fourth-order valence-electron chi connectivity index (χ4n) is 3.90. The summed E-state index contributed by atoms with van der Waals surface area (Å²) in [7, 11) is 1.88. The first-order valence-electron chi connectivity index (χ1n) is 10.4. The van der Waals surface area contributed by atoms with Crippen LogP contribution in [0.5, 0.6) is 0 Å². The average Bonchev–Trinajstić information content (AvgIpc) is 3.36. The van der Waals surface area contributed by atoms with Gasteiger partial charge in [-0.1, -0.05) is 13.8 Å². The summed E-state index contributed by atoms with van der Waals surface area (Å²) in [5.74, 6) is -0.00367. The van der Waals surface area contributed by atoms with E-state index in [0.29, 0.717) is 17.8 Å². The van der Waals surface area contributed by atoms with E-state index in [0.717, 1.165) is 38.0 Å². The SMILES string of the molecule is CCCN(CCC)C(=O)c1ccc(NC(=O)[C@H]2CNC[C@@H]2c2cnn(C)c2)cc1. The van der Waals surface area contributed by atoms with Crippen molar-refractivity contribution in [3.8, 4) is 0 Å². The Bertz CT molecular complexity index is 824. The number of nitrogens with zero attached hydrogens (tertiary/aromatic N) is 3. The molecule has 0 spiro atoms. The van der Waals surface area contributed by atoms with Gasteiger partial charge in [-0.25, -0.2) is 0 Å². The summed E-state index contributed by atoms with van der Waals surface area (Å²) in [6.07, 6.45) is 5.67. The van der Waals surface area contributed by atoms with Gasteiger partial charge in [0.2, 0.25) is 5.91 Å². The Morgan fingerprint density at radius 3 is 2.45 bits per heavy atom. The van der Waals surface area contributed by atoms with Gasteiger partial charge < -0.3 is 15.5 Å². The maximum Gasteiger partial charge on any atom is 0.253 e. The normalized spacial score (nSPS) is 18.6. The molecule has 29 heavy (non-hydrogen) atoms. The van der Waals surface area contributed by atoms with Crippen molar-refractivity contribution in [2.45, 2.75) is 32.6 Å². The van der Waals surface area contributed by atoms with Gasteiger partial charge in [-0.15, -0.1) is 0 Å². The molecule has 1 saturated heterocycles. The first-order chi connectivity index (χ1) is 14.0. The van der Waals surface area contributed by atoms with Crippen LogP contribution in [0, 0.1) is 5.92 Å². The van der Waals surface area contributed by atoms with E-state index in [1.54, 1.807) is 16.8 Å². The number of aromatic nitrogens is 2. The number of carbonyl (C=O) groups excluding carboxylic acids is 2. The molecule has 1 aromatic carbocycles. The molecule has 2 aromatic rings. The number of hydrogen-bond donors (Lipinski definition) is 2. The van der Waals surface area contributed by atoms with E-state index in [1.807, 2.05) is 36.5 Å². The molecule has 0 saturated carbocycles.